The van der Waals surface area contributed by atoms with Crippen LogP contribution in [0.5, 0.6) is 0 Å². The molecule has 0 radical (unpaired) electrons. The highest BCUT2D eigenvalue weighted by molar-refractivity contribution is 5.77. The van der Waals surface area contributed by atoms with Crippen LogP contribution in [0, 0.1) is 5.41 Å². The first-order valence-corrected chi connectivity index (χ1v) is 12.6. The van der Waals surface area contributed by atoms with Gasteiger partial charge in [-0.05, 0) is 23.5 Å². The summed E-state index contributed by atoms with van der Waals surface area (Å²) in [5.74, 6) is -0.235. The molecule has 7 heteroatoms. The fourth-order valence-electron chi connectivity index (χ4n) is 3.08. The number of rotatable bonds is 8. The fourth-order valence-corrected chi connectivity index (χ4v) is 3.08. The Labute approximate surface area is 217 Å². The molecule has 3 rings (SSSR count). The number of nitrogens with two attached hydrogens (primary N) is 1. The number of aliphatic hydroxyl groups is 1. The average Bonchev–Trinajstić information content (AvgIpc) is 2.88. The molecule has 1 atom stereocenters. The molecule has 7 nitrogen and oxygen atoms in total. The summed E-state index contributed by atoms with van der Waals surface area (Å²) in [5, 5.41) is 15.1. The number of ether oxygens (including phenoxy) is 1. The zero-order chi connectivity index (χ0) is 26.8. The summed E-state index contributed by atoms with van der Waals surface area (Å²) in [7, 11) is 0. The second-order valence-electron chi connectivity index (χ2n) is 10.1. The molecule has 0 aromatic heterocycles. The molecule has 200 valence electrons. The number of carbonyl (C=O) groups is 1. The molecule has 5 N–H and O–H groups in total. The van der Waals surface area contributed by atoms with E-state index in [-0.39, 0.29) is 12.0 Å². The normalized spacial score (nSPS) is 15.5. The molecular formula is C29H46N4O3. The van der Waals surface area contributed by atoms with Crippen molar-refractivity contribution in [2.75, 3.05) is 39.4 Å². The Morgan fingerprint density at radius 3 is 2.22 bits per heavy atom. The first kappa shape index (κ1) is 31.2. The van der Waals surface area contributed by atoms with E-state index in [0.717, 1.165) is 30.9 Å². The van der Waals surface area contributed by atoms with E-state index in [1.54, 1.807) is 4.90 Å². The van der Waals surface area contributed by atoms with Crippen molar-refractivity contribution in [2.24, 2.45) is 11.1 Å². The lowest BCUT2D eigenvalue weighted by atomic mass is 10.0. The number of morpholine rings is 1. The van der Waals surface area contributed by atoms with E-state index in [4.69, 9.17) is 15.6 Å². The molecule has 1 amide bonds. The van der Waals surface area contributed by atoms with Crippen molar-refractivity contribution in [3.05, 3.63) is 78.0 Å². The predicted molar refractivity (Wildman–Crippen MR) is 149 cm³/mol. The Hall–Kier alpha value is -2.87. The van der Waals surface area contributed by atoms with Crippen LogP contribution in [-0.4, -0.2) is 61.4 Å². The molecule has 1 saturated heterocycles. The van der Waals surface area contributed by atoms with E-state index in [2.05, 4.69) is 50.5 Å². The molecule has 36 heavy (non-hydrogen) atoms. The van der Waals surface area contributed by atoms with E-state index in [1.165, 1.54) is 5.56 Å². The molecule has 2 aromatic rings. The Morgan fingerprint density at radius 1 is 1.14 bits per heavy atom. The Balaban J connectivity index is 0.000000308. The highest BCUT2D eigenvalue weighted by Gasteiger charge is 2.19. The number of amides is 1. The summed E-state index contributed by atoms with van der Waals surface area (Å²) in [6, 6.07) is 20.2. The van der Waals surface area contributed by atoms with Crippen LogP contribution in [-0.2, 0) is 16.1 Å². The number of likely N-dealkylation sites (N-methyl/N-ethyl adjacent to an activating group) is 1. The number of hydrogen-bond donors (Lipinski definition) is 4. The lowest BCUT2D eigenvalue weighted by Crippen LogP contribution is -2.47. The van der Waals surface area contributed by atoms with Crippen LogP contribution in [0.3, 0.4) is 0 Å². The second kappa shape index (κ2) is 17.5. The third kappa shape index (κ3) is 15.2. The molecule has 0 spiro atoms. The fraction of sp³-hybridized carbons (Fsp3) is 0.483. The maximum atomic E-state index is 11.2. The SMILES string of the molecule is CC(C)(C)C.CCN(C[C@H]1CNCCO1)C(=O)CO.N/C(=C\NCc1ccccc1)c1ccccc1. The lowest BCUT2D eigenvalue weighted by Gasteiger charge is -2.29. The van der Waals surface area contributed by atoms with Crippen molar-refractivity contribution in [1.82, 2.24) is 15.5 Å². The quantitative estimate of drug-likeness (QED) is 0.444. The topological polar surface area (TPSA) is 99.8 Å². The van der Waals surface area contributed by atoms with E-state index in [9.17, 15) is 4.79 Å². The van der Waals surface area contributed by atoms with Gasteiger partial charge in [0.1, 0.15) is 6.61 Å². The molecule has 0 bridgehead atoms. The summed E-state index contributed by atoms with van der Waals surface area (Å²) in [6.45, 7) is 14.5. The molecule has 1 aliphatic heterocycles. The zero-order valence-corrected chi connectivity index (χ0v) is 22.7. The highest BCUT2D eigenvalue weighted by Crippen LogP contribution is 2.08. The van der Waals surface area contributed by atoms with Gasteiger partial charge in [0.05, 0.1) is 18.4 Å². The maximum absolute atomic E-state index is 11.2. The number of nitrogens with zero attached hydrogens (tertiary/aromatic N) is 1. The van der Waals surface area contributed by atoms with Gasteiger partial charge in [-0.15, -0.1) is 0 Å². The van der Waals surface area contributed by atoms with Crippen molar-refractivity contribution in [3.63, 3.8) is 0 Å². The van der Waals surface area contributed by atoms with Gasteiger partial charge in [-0.3, -0.25) is 4.79 Å². The van der Waals surface area contributed by atoms with Crippen molar-refractivity contribution in [3.8, 4) is 0 Å². The standard InChI is InChI=1S/C15H16N2.C9H18N2O3.C5H12/c16-15(14-9-5-2-6-10-14)12-17-11-13-7-3-1-4-8-13;1-2-11(9(13)7-12)6-8-5-10-3-4-14-8;1-5(2,3)4/h1-10,12,17H,11,16H2;8,10,12H,2-7H2,1H3;1-4H3/b15-12-;;/t;8-;/m.1./s1. The Morgan fingerprint density at radius 2 is 1.72 bits per heavy atom. The molecular weight excluding hydrogens is 452 g/mol. The van der Waals surface area contributed by atoms with Crippen LogP contribution in [0.4, 0.5) is 0 Å². The van der Waals surface area contributed by atoms with Gasteiger partial charge >= 0.3 is 0 Å². The Kier molecular flexibility index (Phi) is 15.2. The summed E-state index contributed by atoms with van der Waals surface area (Å²) >= 11 is 0. The van der Waals surface area contributed by atoms with Gasteiger partial charge in [-0.25, -0.2) is 0 Å². The van der Waals surface area contributed by atoms with Gasteiger partial charge in [0.2, 0.25) is 5.91 Å². The minimum atomic E-state index is -0.423. The molecule has 0 aliphatic carbocycles. The van der Waals surface area contributed by atoms with Gasteiger partial charge in [-0.2, -0.15) is 0 Å². The summed E-state index contributed by atoms with van der Waals surface area (Å²) < 4.78 is 5.47. The first-order valence-electron chi connectivity index (χ1n) is 12.6. The van der Waals surface area contributed by atoms with Gasteiger partial charge < -0.3 is 31.1 Å². The van der Waals surface area contributed by atoms with E-state index in [1.807, 2.05) is 61.7 Å². The maximum Gasteiger partial charge on any atom is 0.248 e. The van der Waals surface area contributed by atoms with Crippen LogP contribution in [0.25, 0.3) is 5.70 Å². The van der Waals surface area contributed by atoms with E-state index in [0.29, 0.717) is 25.1 Å². The smallest absolute Gasteiger partial charge is 0.248 e. The number of nitrogens with one attached hydrogen (secondary N) is 2. The highest BCUT2D eigenvalue weighted by atomic mass is 16.5. The molecule has 2 aromatic carbocycles. The minimum Gasteiger partial charge on any atom is -0.397 e. The van der Waals surface area contributed by atoms with Crippen LogP contribution >= 0.6 is 0 Å². The van der Waals surface area contributed by atoms with Gasteiger partial charge in [0, 0.05) is 38.9 Å². The van der Waals surface area contributed by atoms with Crippen molar-refractivity contribution in [1.29, 1.82) is 0 Å². The number of hydrogen-bond acceptors (Lipinski definition) is 6. The number of carbonyl (C=O) groups excluding carboxylic acids is 1. The predicted octanol–water partition coefficient (Wildman–Crippen LogP) is 3.60. The summed E-state index contributed by atoms with van der Waals surface area (Å²) in [4.78, 5) is 12.8. The van der Waals surface area contributed by atoms with Gasteiger partial charge in [0.15, 0.2) is 0 Å². The molecule has 1 fully saturated rings. The van der Waals surface area contributed by atoms with Crippen LogP contribution in [0.15, 0.2) is 66.9 Å². The summed E-state index contributed by atoms with van der Waals surface area (Å²) in [6.07, 6.45) is 1.90. The molecule has 0 unspecified atom stereocenters. The molecule has 1 heterocycles. The number of aliphatic hydroxyl groups excluding tert-OH is 1. The third-order valence-corrected chi connectivity index (χ3v) is 4.81. The van der Waals surface area contributed by atoms with Crippen LogP contribution < -0.4 is 16.4 Å². The lowest BCUT2D eigenvalue weighted by molar-refractivity contribution is -0.136. The Bertz CT molecular complexity index is 855. The van der Waals surface area contributed by atoms with Crippen molar-refractivity contribution < 1.29 is 14.6 Å². The zero-order valence-electron chi connectivity index (χ0n) is 22.7. The van der Waals surface area contributed by atoms with Crippen LogP contribution in [0.1, 0.15) is 45.7 Å². The van der Waals surface area contributed by atoms with Crippen molar-refractivity contribution in [2.45, 2.75) is 47.3 Å². The largest absolute Gasteiger partial charge is 0.397 e. The minimum absolute atomic E-state index is 0.0548. The van der Waals surface area contributed by atoms with Gasteiger partial charge in [0.25, 0.3) is 0 Å². The van der Waals surface area contributed by atoms with E-state index >= 15 is 0 Å². The first-order chi connectivity index (χ1) is 17.1. The monoisotopic (exact) mass is 498 g/mol. The summed E-state index contributed by atoms with van der Waals surface area (Å²) in [5.41, 5.74) is 9.48. The van der Waals surface area contributed by atoms with Crippen molar-refractivity contribution >= 4 is 11.6 Å². The van der Waals surface area contributed by atoms with Gasteiger partial charge in [-0.1, -0.05) is 88.4 Å². The molecule has 1 aliphatic rings. The van der Waals surface area contributed by atoms with Crippen LogP contribution in [0.2, 0.25) is 0 Å². The number of benzene rings is 2. The van der Waals surface area contributed by atoms with E-state index < -0.39 is 6.61 Å². The second-order valence-corrected chi connectivity index (χ2v) is 10.1. The third-order valence-electron chi connectivity index (χ3n) is 4.81. The average molecular weight is 499 g/mol. The molecule has 0 saturated carbocycles.